The first-order chi connectivity index (χ1) is 5.41. The summed E-state index contributed by atoms with van der Waals surface area (Å²) in [5.74, 6) is 0. The maximum absolute atomic E-state index is 5.17. The van der Waals surface area contributed by atoms with Crippen LogP contribution in [0.2, 0.25) is 0 Å². The Labute approximate surface area is 69.9 Å². The van der Waals surface area contributed by atoms with Gasteiger partial charge in [0.2, 0.25) is 0 Å². The smallest absolute Gasteiger partial charge is 0.414 e. The van der Waals surface area contributed by atoms with E-state index in [9.17, 15) is 0 Å². The number of unbranched alkanes of at least 4 members (excludes halogenated alkanes) is 2. The highest BCUT2D eigenvalue weighted by Gasteiger charge is 1.90. The highest BCUT2D eigenvalue weighted by Crippen LogP contribution is 1.93. The maximum atomic E-state index is 5.17. The van der Waals surface area contributed by atoms with E-state index in [2.05, 4.69) is 13.5 Å². The Balaban J connectivity index is 2.74. The van der Waals surface area contributed by atoms with Gasteiger partial charge in [-0.05, 0) is 6.42 Å². The van der Waals surface area contributed by atoms with Crippen LogP contribution in [0.3, 0.4) is 0 Å². The molecule has 0 radical (unpaired) electrons. The first-order valence-electron chi connectivity index (χ1n) is 4.18. The molecule has 0 aromatic rings. The molecule has 0 aromatic heterocycles. The Morgan fingerprint density at radius 3 is 2.82 bits per heavy atom. The van der Waals surface area contributed by atoms with Gasteiger partial charge in [0.25, 0.3) is 0 Å². The Hall–Kier alpha value is -0.275. The summed E-state index contributed by atoms with van der Waals surface area (Å²) in [6, 6.07) is 0. The van der Waals surface area contributed by atoms with E-state index in [1.54, 1.807) is 6.08 Å². The van der Waals surface area contributed by atoms with Gasteiger partial charge in [0.15, 0.2) is 0 Å². The predicted octanol–water partition coefficient (Wildman–Crippen LogP) is 1.66. The third kappa shape index (κ3) is 9.72. The highest BCUT2D eigenvalue weighted by atomic mass is 16.6. The summed E-state index contributed by atoms with van der Waals surface area (Å²) in [7, 11) is 0.399. The van der Waals surface area contributed by atoms with E-state index in [-0.39, 0.29) is 0 Å². The van der Waals surface area contributed by atoms with E-state index < -0.39 is 0 Å². The van der Waals surface area contributed by atoms with Crippen molar-refractivity contribution in [3.63, 3.8) is 0 Å². The fourth-order valence-electron chi connectivity index (χ4n) is 0.703. The van der Waals surface area contributed by atoms with Crippen molar-refractivity contribution < 1.29 is 9.31 Å². The molecule has 0 aliphatic heterocycles. The summed E-state index contributed by atoms with van der Waals surface area (Å²) in [4.78, 5) is 0. The van der Waals surface area contributed by atoms with Gasteiger partial charge >= 0.3 is 7.69 Å². The average molecular weight is 156 g/mol. The van der Waals surface area contributed by atoms with Crippen molar-refractivity contribution in [2.45, 2.75) is 26.2 Å². The Morgan fingerprint density at radius 2 is 2.18 bits per heavy atom. The quantitative estimate of drug-likeness (QED) is 0.302. The molecule has 0 spiro atoms. The summed E-state index contributed by atoms with van der Waals surface area (Å²) in [5.41, 5.74) is 0. The topological polar surface area (TPSA) is 18.5 Å². The van der Waals surface area contributed by atoms with Gasteiger partial charge in [-0.3, -0.25) is 0 Å². The van der Waals surface area contributed by atoms with Crippen LogP contribution in [0.5, 0.6) is 0 Å². The molecule has 0 rings (SSSR count). The standard InChI is InChI=1S/C8H17BO2/c1-3-5-6-8-11-9-10-7-4-2/h4,9H,2-3,5-8H2,1H3. The first kappa shape index (κ1) is 10.7. The van der Waals surface area contributed by atoms with Crippen molar-refractivity contribution >= 4 is 7.69 Å². The van der Waals surface area contributed by atoms with Gasteiger partial charge in [0, 0.05) is 13.2 Å². The first-order valence-corrected chi connectivity index (χ1v) is 4.18. The van der Waals surface area contributed by atoms with E-state index in [0.29, 0.717) is 14.3 Å². The van der Waals surface area contributed by atoms with Gasteiger partial charge in [0.05, 0.1) is 0 Å². The van der Waals surface area contributed by atoms with Crippen LogP contribution >= 0.6 is 0 Å². The molecule has 0 amide bonds. The van der Waals surface area contributed by atoms with Crippen LogP contribution in [-0.4, -0.2) is 20.9 Å². The molecule has 0 heterocycles. The highest BCUT2D eigenvalue weighted by molar-refractivity contribution is 6.17. The molecule has 0 unspecified atom stereocenters. The number of rotatable bonds is 8. The molecule has 0 saturated heterocycles. The SMILES string of the molecule is C=CCOBOCCCCC. The van der Waals surface area contributed by atoms with Crippen molar-refractivity contribution in [2.24, 2.45) is 0 Å². The van der Waals surface area contributed by atoms with Crippen molar-refractivity contribution in [2.75, 3.05) is 13.2 Å². The molecule has 0 aromatic carbocycles. The van der Waals surface area contributed by atoms with Crippen LogP contribution < -0.4 is 0 Å². The second-order valence-electron chi connectivity index (χ2n) is 2.39. The molecule has 0 bridgehead atoms. The molecule has 2 nitrogen and oxygen atoms in total. The Bertz CT molecular complexity index is 86.2. The number of hydrogen-bond donors (Lipinski definition) is 0. The van der Waals surface area contributed by atoms with E-state index in [1.165, 1.54) is 12.8 Å². The predicted molar refractivity (Wildman–Crippen MR) is 48.8 cm³/mol. The van der Waals surface area contributed by atoms with Crippen molar-refractivity contribution in [1.29, 1.82) is 0 Å². The van der Waals surface area contributed by atoms with E-state index >= 15 is 0 Å². The van der Waals surface area contributed by atoms with Gasteiger partial charge in [-0.15, -0.1) is 6.58 Å². The Kier molecular flexibility index (Phi) is 9.48. The number of hydrogen-bond acceptors (Lipinski definition) is 2. The molecule has 3 heteroatoms. The van der Waals surface area contributed by atoms with Gasteiger partial charge in [-0.1, -0.05) is 25.8 Å². The van der Waals surface area contributed by atoms with E-state index in [1.807, 2.05) is 0 Å². The van der Waals surface area contributed by atoms with Gasteiger partial charge < -0.3 is 9.31 Å². The van der Waals surface area contributed by atoms with Gasteiger partial charge in [-0.25, -0.2) is 0 Å². The van der Waals surface area contributed by atoms with Crippen molar-refractivity contribution in [3.05, 3.63) is 12.7 Å². The second-order valence-corrected chi connectivity index (χ2v) is 2.39. The minimum absolute atomic E-state index is 0.399. The van der Waals surface area contributed by atoms with Crippen LogP contribution in [-0.2, 0) is 9.31 Å². The summed E-state index contributed by atoms with van der Waals surface area (Å²) in [6.45, 7) is 7.09. The molecule has 64 valence electrons. The zero-order valence-corrected chi connectivity index (χ0v) is 7.34. The van der Waals surface area contributed by atoms with Crippen LogP contribution in [0, 0.1) is 0 Å². The summed E-state index contributed by atoms with van der Waals surface area (Å²) in [6.07, 6.45) is 5.32. The van der Waals surface area contributed by atoms with Gasteiger partial charge in [0.1, 0.15) is 0 Å². The average Bonchev–Trinajstić information content (AvgIpc) is 2.03. The second kappa shape index (κ2) is 9.72. The zero-order chi connectivity index (χ0) is 8.36. The van der Waals surface area contributed by atoms with Crippen molar-refractivity contribution in [3.8, 4) is 0 Å². The van der Waals surface area contributed by atoms with E-state index in [4.69, 9.17) is 9.31 Å². The monoisotopic (exact) mass is 156 g/mol. The van der Waals surface area contributed by atoms with E-state index in [0.717, 1.165) is 13.0 Å². The largest absolute Gasteiger partial charge is 0.438 e. The lowest BCUT2D eigenvalue weighted by Crippen LogP contribution is -2.05. The van der Waals surface area contributed by atoms with Crippen molar-refractivity contribution in [1.82, 2.24) is 0 Å². The summed E-state index contributed by atoms with van der Waals surface area (Å²) >= 11 is 0. The lowest BCUT2D eigenvalue weighted by Gasteiger charge is -2.00. The molecule has 0 aliphatic rings. The minimum atomic E-state index is 0.399. The summed E-state index contributed by atoms with van der Waals surface area (Å²) in [5, 5.41) is 0. The molecule has 0 saturated carbocycles. The van der Waals surface area contributed by atoms with Crippen LogP contribution in [0.4, 0.5) is 0 Å². The summed E-state index contributed by atoms with van der Waals surface area (Å²) < 4.78 is 10.2. The third-order valence-electron chi connectivity index (χ3n) is 1.29. The zero-order valence-electron chi connectivity index (χ0n) is 7.34. The van der Waals surface area contributed by atoms with Crippen LogP contribution in [0.15, 0.2) is 12.7 Å². The minimum Gasteiger partial charge on any atom is -0.414 e. The lowest BCUT2D eigenvalue weighted by atomic mass is 10.2. The Morgan fingerprint density at radius 1 is 1.36 bits per heavy atom. The van der Waals surface area contributed by atoms with Gasteiger partial charge in [-0.2, -0.15) is 0 Å². The third-order valence-corrected chi connectivity index (χ3v) is 1.29. The maximum Gasteiger partial charge on any atom is 0.438 e. The molecular formula is C8H17BO2. The van der Waals surface area contributed by atoms with Crippen LogP contribution in [0.25, 0.3) is 0 Å². The molecule has 0 fully saturated rings. The molecular weight excluding hydrogens is 139 g/mol. The lowest BCUT2D eigenvalue weighted by molar-refractivity contribution is 0.234. The normalized spacial score (nSPS) is 9.55. The van der Waals surface area contributed by atoms with Crippen LogP contribution in [0.1, 0.15) is 26.2 Å². The fraction of sp³-hybridized carbons (Fsp3) is 0.750. The fourth-order valence-corrected chi connectivity index (χ4v) is 0.703. The molecule has 0 N–H and O–H groups in total. The molecule has 11 heavy (non-hydrogen) atoms. The molecule has 0 atom stereocenters. The molecule has 0 aliphatic carbocycles.